The summed E-state index contributed by atoms with van der Waals surface area (Å²) in [6, 6.07) is 9.89. The molecule has 31 heavy (non-hydrogen) atoms. The third-order valence-electron chi connectivity index (χ3n) is 6.80. The van der Waals surface area contributed by atoms with E-state index in [-0.39, 0.29) is 5.41 Å². The second-order valence-electron chi connectivity index (χ2n) is 8.46. The molecule has 0 atom stereocenters. The molecule has 1 saturated heterocycles. The van der Waals surface area contributed by atoms with Gasteiger partial charge in [-0.05, 0) is 54.3 Å². The van der Waals surface area contributed by atoms with Crippen LogP contribution in [-0.2, 0) is 25.3 Å². The first kappa shape index (κ1) is 19.8. The maximum atomic E-state index is 12.4. The Morgan fingerprint density at radius 3 is 2.61 bits per heavy atom. The first-order valence-corrected chi connectivity index (χ1v) is 10.5. The van der Waals surface area contributed by atoms with Crippen molar-refractivity contribution in [3.05, 3.63) is 58.9 Å². The van der Waals surface area contributed by atoms with E-state index < -0.39 is 5.97 Å². The topological polar surface area (TPSA) is 102 Å². The van der Waals surface area contributed by atoms with Gasteiger partial charge in [0.15, 0.2) is 0 Å². The molecule has 0 radical (unpaired) electrons. The maximum absolute atomic E-state index is 12.4. The number of hydrogen-bond donors (Lipinski definition) is 3. The van der Waals surface area contributed by atoms with Gasteiger partial charge in [-0.15, -0.1) is 0 Å². The number of aryl methyl sites for hydroxylation is 1. The molecule has 0 spiro atoms. The molecule has 1 aliphatic carbocycles. The lowest BCUT2D eigenvalue weighted by Gasteiger charge is -2.42. The Balaban J connectivity index is 1.70. The number of nitrogens with two attached hydrogens (primary N) is 1. The van der Waals surface area contributed by atoms with E-state index >= 15 is 0 Å². The van der Waals surface area contributed by atoms with E-state index in [4.69, 9.17) is 10.5 Å². The summed E-state index contributed by atoms with van der Waals surface area (Å²) in [6.45, 7) is 1.80. The first-order chi connectivity index (χ1) is 15.0. The third kappa shape index (κ3) is 2.88. The van der Waals surface area contributed by atoms with Crippen molar-refractivity contribution in [3.8, 4) is 28.3 Å². The SMILES string of the molecule is COc1ccc(-c2cc3c(cn2)CCc2c(C(=O)O)c(C4(CN)CNC4)n(C)c2-3)cc1. The Labute approximate surface area is 180 Å². The summed E-state index contributed by atoms with van der Waals surface area (Å²) in [6.07, 6.45) is 3.39. The quantitative estimate of drug-likeness (QED) is 0.588. The molecule has 5 rings (SSSR count). The van der Waals surface area contributed by atoms with Crippen LogP contribution in [-0.4, -0.2) is 47.4 Å². The minimum absolute atomic E-state index is 0.341. The van der Waals surface area contributed by atoms with Gasteiger partial charge >= 0.3 is 5.97 Å². The van der Waals surface area contributed by atoms with Crippen molar-refractivity contribution in [2.24, 2.45) is 12.8 Å². The molecule has 0 bridgehead atoms. The lowest BCUT2D eigenvalue weighted by atomic mass is 9.76. The molecule has 7 heteroatoms. The van der Waals surface area contributed by atoms with E-state index in [2.05, 4.69) is 20.9 Å². The molecule has 7 nitrogen and oxygen atoms in total. The van der Waals surface area contributed by atoms with E-state index in [0.29, 0.717) is 31.6 Å². The molecule has 0 saturated carbocycles. The monoisotopic (exact) mass is 418 g/mol. The summed E-state index contributed by atoms with van der Waals surface area (Å²) in [5.41, 5.74) is 13.0. The molecular formula is C24H26N4O3. The molecule has 1 fully saturated rings. The normalized spacial score (nSPS) is 16.2. The zero-order valence-corrected chi connectivity index (χ0v) is 17.7. The summed E-state index contributed by atoms with van der Waals surface area (Å²) < 4.78 is 7.33. The van der Waals surface area contributed by atoms with Crippen LogP contribution in [0.3, 0.4) is 0 Å². The number of methoxy groups -OCH3 is 1. The van der Waals surface area contributed by atoms with Crippen molar-refractivity contribution >= 4 is 5.97 Å². The van der Waals surface area contributed by atoms with Gasteiger partial charge in [0, 0.05) is 55.1 Å². The van der Waals surface area contributed by atoms with Gasteiger partial charge in [0.05, 0.1) is 24.1 Å². The minimum atomic E-state index is -0.876. The molecule has 0 amide bonds. The predicted octanol–water partition coefficient (Wildman–Crippen LogP) is 2.36. The molecule has 2 aliphatic rings. The van der Waals surface area contributed by atoms with Crippen LogP contribution in [0.25, 0.3) is 22.5 Å². The summed E-state index contributed by atoms with van der Waals surface area (Å²) in [5, 5.41) is 13.4. The smallest absolute Gasteiger partial charge is 0.337 e. The highest BCUT2D eigenvalue weighted by molar-refractivity contribution is 5.95. The van der Waals surface area contributed by atoms with Gasteiger partial charge in [0.25, 0.3) is 0 Å². The molecule has 1 aromatic carbocycles. The Hall–Kier alpha value is -3.16. The van der Waals surface area contributed by atoms with Crippen molar-refractivity contribution < 1.29 is 14.6 Å². The number of rotatable bonds is 5. The van der Waals surface area contributed by atoms with Crippen molar-refractivity contribution in [2.45, 2.75) is 18.3 Å². The standard InChI is InChI=1S/C24H26N4O3/c1-28-21-17(20(23(29)30)22(28)24(11-25)12-26-13-24)8-5-15-10-27-19(9-18(15)21)14-3-6-16(31-2)7-4-14/h3-4,6-7,9-10,26H,5,8,11-13,25H2,1-2H3,(H,29,30). The largest absolute Gasteiger partial charge is 0.497 e. The van der Waals surface area contributed by atoms with Crippen LogP contribution in [0.5, 0.6) is 5.75 Å². The molecule has 2 aromatic heterocycles. The van der Waals surface area contributed by atoms with Crippen LogP contribution in [0, 0.1) is 0 Å². The third-order valence-corrected chi connectivity index (χ3v) is 6.80. The number of hydrogen-bond acceptors (Lipinski definition) is 5. The van der Waals surface area contributed by atoms with Gasteiger partial charge in [-0.1, -0.05) is 0 Å². The molecule has 1 aliphatic heterocycles. The number of aromatic carboxylic acids is 1. The maximum Gasteiger partial charge on any atom is 0.337 e. The molecule has 3 aromatic rings. The lowest BCUT2D eigenvalue weighted by Crippen LogP contribution is -2.62. The van der Waals surface area contributed by atoms with Crippen molar-refractivity contribution in [3.63, 3.8) is 0 Å². The van der Waals surface area contributed by atoms with Crippen molar-refractivity contribution in [2.75, 3.05) is 26.7 Å². The Kier molecular flexibility index (Phi) is 4.60. The number of fused-ring (bicyclic) bond motifs is 3. The second kappa shape index (κ2) is 7.21. The fourth-order valence-electron chi connectivity index (χ4n) is 5.10. The summed E-state index contributed by atoms with van der Waals surface area (Å²) >= 11 is 0. The van der Waals surface area contributed by atoms with Crippen LogP contribution in [0.2, 0.25) is 0 Å². The van der Waals surface area contributed by atoms with Gasteiger partial charge in [-0.25, -0.2) is 4.79 Å². The highest BCUT2D eigenvalue weighted by Crippen LogP contribution is 2.43. The Bertz CT molecular complexity index is 1170. The van der Waals surface area contributed by atoms with E-state index in [1.54, 1.807) is 7.11 Å². The van der Waals surface area contributed by atoms with Crippen LogP contribution in [0.15, 0.2) is 36.5 Å². The average Bonchev–Trinajstić information content (AvgIpc) is 3.06. The number of pyridine rings is 1. The summed E-state index contributed by atoms with van der Waals surface area (Å²) in [7, 11) is 3.62. The number of ether oxygens (including phenoxy) is 1. The highest BCUT2D eigenvalue weighted by Gasteiger charge is 2.45. The number of carboxylic acids is 1. The number of carboxylic acid groups (broad SMARTS) is 1. The van der Waals surface area contributed by atoms with E-state index in [1.165, 1.54) is 0 Å². The molecular weight excluding hydrogens is 392 g/mol. The fourth-order valence-corrected chi connectivity index (χ4v) is 5.10. The number of carbonyl (C=O) groups is 1. The van der Waals surface area contributed by atoms with Crippen molar-refractivity contribution in [1.29, 1.82) is 0 Å². The summed E-state index contributed by atoms with van der Waals surface area (Å²) in [5.74, 6) is -0.0807. The van der Waals surface area contributed by atoms with E-state index in [0.717, 1.165) is 51.5 Å². The van der Waals surface area contributed by atoms with Gasteiger partial charge in [0.2, 0.25) is 0 Å². The van der Waals surface area contributed by atoms with Gasteiger partial charge in [-0.2, -0.15) is 0 Å². The highest BCUT2D eigenvalue weighted by atomic mass is 16.5. The van der Waals surface area contributed by atoms with Gasteiger partial charge in [-0.3, -0.25) is 4.98 Å². The van der Waals surface area contributed by atoms with Crippen LogP contribution in [0.4, 0.5) is 0 Å². The Morgan fingerprint density at radius 1 is 1.29 bits per heavy atom. The molecule has 0 unspecified atom stereocenters. The van der Waals surface area contributed by atoms with E-state index in [1.807, 2.05) is 37.5 Å². The number of nitrogens with one attached hydrogen (secondary N) is 1. The number of aromatic nitrogens is 2. The van der Waals surface area contributed by atoms with Crippen LogP contribution in [0.1, 0.15) is 27.2 Å². The van der Waals surface area contributed by atoms with Gasteiger partial charge in [0.1, 0.15) is 5.75 Å². The van der Waals surface area contributed by atoms with Crippen molar-refractivity contribution in [1.82, 2.24) is 14.9 Å². The molecule has 3 heterocycles. The summed E-state index contributed by atoms with van der Waals surface area (Å²) in [4.78, 5) is 17.1. The minimum Gasteiger partial charge on any atom is -0.497 e. The molecule has 4 N–H and O–H groups in total. The average molecular weight is 418 g/mol. The zero-order valence-electron chi connectivity index (χ0n) is 17.7. The number of nitrogens with zero attached hydrogens (tertiary/aromatic N) is 2. The zero-order chi connectivity index (χ0) is 21.8. The first-order valence-electron chi connectivity index (χ1n) is 10.5. The predicted molar refractivity (Wildman–Crippen MR) is 119 cm³/mol. The second-order valence-corrected chi connectivity index (χ2v) is 8.46. The number of benzene rings is 1. The van der Waals surface area contributed by atoms with Crippen LogP contribution >= 0.6 is 0 Å². The Morgan fingerprint density at radius 2 is 2.03 bits per heavy atom. The van der Waals surface area contributed by atoms with Gasteiger partial charge < -0.3 is 25.5 Å². The van der Waals surface area contributed by atoms with E-state index in [9.17, 15) is 9.90 Å². The fraction of sp³-hybridized carbons (Fsp3) is 0.333. The van der Waals surface area contributed by atoms with Crippen LogP contribution < -0.4 is 15.8 Å². The molecule has 160 valence electrons. The lowest BCUT2D eigenvalue weighted by molar-refractivity contribution is 0.0690.